The van der Waals surface area contributed by atoms with Gasteiger partial charge in [0.05, 0.1) is 24.5 Å². The summed E-state index contributed by atoms with van der Waals surface area (Å²) in [7, 11) is 0. The number of alkyl halides is 1. The molecule has 168 valence electrons. The van der Waals surface area contributed by atoms with Crippen molar-refractivity contribution < 1.29 is 24.2 Å². The topological polar surface area (TPSA) is 108 Å². The Morgan fingerprint density at radius 3 is 2.67 bits per heavy atom. The van der Waals surface area contributed by atoms with Gasteiger partial charge in [0, 0.05) is 24.0 Å². The number of hydrogen-bond donors (Lipinski definition) is 3. The third-order valence-electron chi connectivity index (χ3n) is 7.18. The van der Waals surface area contributed by atoms with Crippen molar-refractivity contribution in [1.82, 2.24) is 15.5 Å². The molecule has 3 saturated heterocycles. The molecule has 0 aromatic carbocycles. The van der Waals surface area contributed by atoms with Gasteiger partial charge in [0.15, 0.2) is 0 Å². The predicted molar refractivity (Wildman–Crippen MR) is 113 cm³/mol. The van der Waals surface area contributed by atoms with Gasteiger partial charge in [-0.3, -0.25) is 14.4 Å². The van der Waals surface area contributed by atoms with E-state index in [0.29, 0.717) is 13.0 Å². The quantitative estimate of drug-likeness (QED) is 0.460. The van der Waals surface area contributed by atoms with Crippen LogP contribution in [0.3, 0.4) is 0 Å². The molecule has 3 unspecified atom stereocenters. The number of nitrogens with one attached hydrogen (secondary N) is 2. The van der Waals surface area contributed by atoms with Crippen LogP contribution < -0.4 is 10.6 Å². The van der Waals surface area contributed by atoms with Gasteiger partial charge in [-0.1, -0.05) is 42.1 Å². The van der Waals surface area contributed by atoms with Gasteiger partial charge in [-0.15, -0.1) is 0 Å². The lowest BCUT2D eigenvalue weighted by atomic mass is 9.70. The number of nitrogens with zero attached hydrogens (tertiary/aromatic N) is 1. The van der Waals surface area contributed by atoms with Crippen molar-refractivity contribution in [3.8, 4) is 0 Å². The van der Waals surface area contributed by atoms with Crippen LogP contribution >= 0.6 is 15.9 Å². The SMILES string of the molecule is CCCNC(=O)[C@H]1[C@H]2C(=O)N(CCO)C(C(=O)NC3CCCCC3)C23CC(Br)[C@@H]1O3. The summed E-state index contributed by atoms with van der Waals surface area (Å²) in [5.74, 6) is -1.99. The molecule has 9 heteroatoms. The number of fused-ring (bicyclic) bond motifs is 1. The molecule has 6 atom stereocenters. The number of carbonyl (C=O) groups is 3. The predicted octanol–water partition coefficient (Wildman–Crippen LogP) is 0.702. The maximum atomic E-state index is 13.4. The fraction of sp³-hybridized carbons (Fsp3) is 0.857. The molecule has 4 fully saturated rings. The summed E-state index contributed by atoms with van der Waals surface area (Å²) < 4.78 is 6.37. The summed E-state index contributed by atoms with van der Waals surface area (Å²) >= 11 is 3.64. The first kappa shape index (κ1) is 22.0. The van der Waals surface area contributed by atoms with Gasteiger partial charge in [-0.25, -0.2) is 0 Å². The number of rotatable bonds is 7. The molecule has 3 amide bonds. The fourth-order valence-corrected chi connectivity index (χ4v) is 6.91. The van der Waals surface area contributed by atoms with Crippen molar-refractivity contribution in [3.05, 3.63) is 0 Å². The van der Waals surface area contributed by atoms with Crippen molar-refractivity contribution in [2.24, 2.45) is 11.8 Å². The second kappa shape index (κ2) is 8.74. The van der Waals surface area contributed by atoms with Crippen LogP contribution in [0, 0.1) is 11.8 Å². The minimum atomic E-state index is -1.03. The van der Waals surface area contributed by atoms with Crippen molar-refractivity contribution in [3.63, 3.8) is 0 Å². The molecule has 0 radical (unpaired) electrons. The average molecular weight is 486 g/mol. The molecule has 0 aromatic heterocycles. The Hall–Kier alpha value is -1.19. The Balaban J connectivity index is 1.63. The second-order valence-corrected chi connectivity index (χ2v) is 10.2. The lowest BCUT2D eigenvalue weighted by molar-refractivity contribution is -0.142. The Bertz CT molecular complexity index is 700. The minimum Gasteiger partial charge on any atom is -0.395 e. The van der Waals surface area contributed by atoms with Crippen LogP contribution in [0.2, 0.25) is 0 Å². The molecule has 1 spiro atoms. The molecule has 4 rings (SSSR count). The van der Waals surface area contributed by atoms with E-state index in [4.69, 9.17) is 4.74 Å². The molecule has 1 saturated carbocycles. The number of aliphatic hydroxyl groups excluding tert-OH is 1. The second-order valence-electron chi connectivity index (χ2n) is 9.05. The van der Waals surface area contributed by atoms with Crippen LogP contribution in [0.1, 0.15) is 51.9 Å². The van der Waals surface area contributed by atoms with Crippen LogP contribution in [0.5, 0.6) is 0 Å². The van der Waals surface area contributed by atoms with Gasteiger partial charge in [-0.05, 0) is 25.7 Å². The highest BCUT2D eigenvalue weighted by molar-refractivity contribution is 9.09. The van der Waals surface area contributed by atoms with E-state index in [1.807, 2.05) is 6.92 Å². The van der Waals surface area contributed by atoms with Gasteiger partial charge in [0.1, 0.15) is 11.6 Å². The molecule has 1 aliphatic carbocycles. The van der Waals surface area contributed by atoms with E-state index in [-0.39, 0.29) is 41.7 Å². The largest absolute Gasteiger partial charge is 0.395 e. The van der Waals surface area contributed by atoms with E-state index in [2.05, 4.69) is 26.6 Å². The third-order valence-corrected chi connectivity index (χ3v) is 8.03. The monoisotopic (exact) mass is 485 g/mol. The van der Waals surface area contributed by atoms with Crippen LogP contribution in [0.4, 0.5) is 0 Å². The van der Waals surface area contributed by atoms with Crippen molar-refractivity contribution in [2.45, 2.75) is 80.5 Å². The Kier molecular flexibility index (Phi) is 6.42. The first-order chi connectivity index (χ1) is 14.4. The molecule has 3 N–H and O–H groups in total. The number of carbonyl (C=O) groups excluding carboxylic acids is 3. The number of β-amino-alcohol motifs (C(OH)–C–C–N with tert-alkyl or cyclic N) is 1. The van der Waals surface area contributed by atoms with Gasteiger partial charge in [0.2, 0.25) is 17.7 Å². The first-order valence-electron chi connectivity index (χ1n) is 11.3. The molecule has 3 heterocycles. The molecule has 2 bridgehead atoms. The molecule has 30 heavy (non-hydrogen) atoms. The lowest BCUT2D eigenvalue weighted by Crippen LogP contribution is -2.57. The highest BCUT2D eigenvalue weighted by atomic mass is 79.9. The van der Waals surface area contributed by atoms with Gasteiger partial charge < -0.3 is 25.4 Å². The van der Waals surface area contributed by atoms with Gasteiger partial charge in [-0.2, -0.15) is 0 Å². The fourth-order valence-electron chi connectivity index (χ4n) is 5.97. The van der Waals surface area contributed by atoms with Gasteiger partial charge in [0.25, 0.3) is 0 Å². The number of amides is 3. The summed E-state index contributed by atoms with van der Waals surface area (Å²) in [5.41, 5.74) is -1.03. The highest BCUT2D eigenvalue weighted by Crippen LogP contribution is 2.59. The highest BCUT2D eigenvalue weighted by Gasteiger charge is 2.76. The number of halogens is 1. The number of ether oxygens (including phenoxy) is 1. The normalized spacial score (nSPS) is 38.0. The molecular formula is C21H32BrN3O5. The number of likely N-dealkylation sites (tertiary alicyclic amines) is 1. The summed E-state index contributed by atoms with van der Waals surface area (Å²) in [6.45, 7) is 2.33. The first-order valence-corrected chi connectivity index (χ1v) is 12.2. The zero-order valence-electron chi connectivity index (χ0n) is 17.4. The van der Waals surface area contributed by atoms with Gasteiger partial charge >= 0.3 is 0 Å². The summed E-state index contributed by atoms with van der Waals surface area (Å²) in [6.07, 6.45) is 6.10. The zero-order valence-corrected chi connectivity index (χ0v) is 19.0. The summed E-state index contributed by atoms with van der Waals surface area (Å²) in [6, 6.07) is -0.715. The zero-order chi connectivity index (χ0) is 21.5. The summed E-state index contributed by atoms with van der Waals surface area (Å²) in [5, 5.41) is 15.6. The minimum absolute atomic E-state index is 0.0596. The van der Waals surface area contributed by atoms with E-state index in [9.17, 15) is 19.5 Å². The smallest absolute Gasteiger partial charge is 0.246 e. The van der Waals surface area contributed by atoms with Crippen LogP contribution in [0.15, 0.2) is 0 Å². The molecular weight excluding hydrogens is 454 g/mol. The molecule has 4 aliphatic rings. The van der Waals surface area contributed by atoms with Crippen molar-refractivity contribution in [1.29, 1.82) is 0 Å². The van der Waals surface area contributed by atoms with Crippen LogP contribution in [0.25, 0.3) is 0 Å². The van der Waals surface area contributed by atoms with E-state index in [1.54, 1.807) is 0 Å². The Morgan fingerprint density at radius 1 is 1.27 bits per heavy atom. The van der Waals surface area contributed by atoms with E-state index in [1.165, 1.54) is 11.3 Å². The summed E-state index contributed by atoms with van der Waals surface area (Å²) in [4.78, 5) is 41.2. The molecule has 0 aromatic rings. The van der Waals surface area contributed by atoms with E-state index in [0.717, 1.165) is 32.1 Å². The maximum Gasteiger partial charge on any atom is 0.246 e. The van der Waals surface area contributed by atoms with Crippen LogP contribution in [-0.2, 0) is 19.1 Å². The molecule has 8 nitrogen and oxygen atoms in total. The number of hydrogen-bond acceptors (Lipinski definition) is 5. The van der Waals surface area contributed by atoms with Crippen molar-refractivity contribution in [2.75, 3.05) is 19.7 Å². The third kappa shape index (κ3) is 3.46. The van der Waals surface area contributed by atoms with E-state index < -0.39 is 29.6 Å². The lowest BCUT2D eigenvalue weighted by Gasteiger charge is -2.35. The molecule has 3 aliphatic heterocycles. The standard InChI is InChI=1S/C21H32BrN3O5/c1-2-8-23-18(27)14-15-20(29)25(9-10-26)17(21(15)11-13(22)16(14)30-21)19(28)24-12-6-4-3-5-7-12/h12-17,26H,2-11H2,1H3,(H,23,27)(H,24,28)/t13?,14-,15-,16-,17?,21?/m0/s1. The van der Waals surface area contributed by atoms with E-state index >= 15 is 0 Å². The maximum absolute atomic E-state index is 13.4. The Morgan fingerprint density at radius 2 is 2.00 bits per heavy atom. The Labute approximate surface area is 185 Å². The average Bonchev–Trinajstić information content (AvgIpc) is 3.31. The van der Waals surface area contributed by atoms with Crippen LogP contribution in [-0.4, -0.2) is 76.0 Å². The van der Waals surface area contributed by atoms with Crippen molar-refractivity contribution >= 4 is 33.7 Å². The number of aliphatic hydroxyl groups is 1.